The Bertz CT molecular complexity index is 1050. The van der Waals surface area contributed by atoms with Gasteiger partial charge in [0.05, 0.1) is 6.61 Å². The van der Waals surface area contributed by atoms with E-state index in [4.69, 9.17) is 22.4 Å². The Morgan fingerprint density at radius 3 is 2.11 bits per heavy atom. The van der Waals surface area contributed by atoms with Gasteiger partial charge in [-0.15, -0.1) is 0 Å². The number of ether oxygens (including phenoxy) is 2. The quantitative estimate of drug-likeness (QED) is 0.562. The zero-order chi connectivity index (χ0) is 26.3. The average molecular weight is 526 g/mol. The van der Waals surface area contributed by atoms with Gasteiger partial charge in [0.1, 0.15) is 24.4 Å². The summed E-state index contributed by atoms with van der Waals surface area (Å²) < 4.78 is 34.1. The maximum atomic E-state index is 12.8. The van der Waals surface area contributed by atoms with Gasteiger partial charge in [0.25, 0.3) is 11.3 Å². The van der Waals surface area contributed by atoms with Crippen LogP contribution in [0.3, 0.4) is 0 Å². The predicted molar refractivity (Wildman–Crippen MR) is 134 cm³/mol. The number of hydrogen-bond acceptors (Lipinski definition) is 8. The van der Waals surface area contributed by atoms with E-state index in [1.54, 1.807) is 0 Å². The SMILES string of the molecule is CO[C@@H]1[C@@H]2O[Si](C(C)C)(C(C)C)O[Si](C(C)C)(C(C)C)OC[C@H]2O[C@@]1(C#N)n1ccc(=O)[nH]c1=O. The Kier molecular flexibility index (Phi) is 8.03. The van der Waals surface area contributed by atoms with E-state index in [9.17, 15) is 14.9 Å². The smallest absolute Gasteiger partial charge is 0.335 e. The van der Waals surface area contributed by atoms with Crippen molar-refractivity contribution in [1.82, 2.24) is 9.55 Å². The zero-order valence-corrected chi connectivity index (χ0v) is 24.2. The number of aromatic amines is 1. The topological polar surface area (TPSA) is 125 Å². The van der Waals surface area contributed by atoms with Gasteiger partial charge in [-0.2, -0.15) is 5.26 Å². The molecule has 1 N–H and O–H groups in total. The van der Waals surface area contributed by atoms with Gasteiger partial charge in [-0.05, 0) is 22.2 Å². The number of rotatable bonds is 6. The minimum absolute atomic E-state index is 0.0691. The number of H-pyrrole nitrogens is 1. The van der Waals surface area contributed by atoms with Gasteiger partial charge >= 0.3 is 22.8 Å². The number of aromatic nitrogens is 2. The van der Waals surface area contributed by atoms with E-state index in [1.165, 1.54) is 19.4 Å². The van der Waals surface area contributed by atoms with E-state index in [1.807, 2.05) is 0 Å². The third-order valence-electron chi connectivity index (χ3n) is 7.31. The van der Waals surface area contributed by atoms with Gasteiger partial charge in [-0.25, -0.2) is 4.79 Å². The molecule has 35 heavy (non-hydrogen) atoms. The lowest BCUT2D eigenvalue weighted by atomic mass is 10.0. The lowest BCUT2D eigenvalue weighted by Gasteiger charge is -2.51. The first-order chi connectivity index (χ1) is 16.3. The van der Waals surface area contributed by atoms with Crippen molar-refractivity contribution >= 4 is 17.1 Å². The van der Waals surface area contributed by atoms with Crippen molar-refractivity contribution < 1.29 is 22.4 Å². The van der Waals surface area contributed by atoms with Gasteiger partial charge < -0.3 is 22.4 Å². The Balaban J connectivity index is 2.23. The van der Waals surface area contributed by atoms with Crippen LogP contribution in [-0.4, -0.2) is 58.7 Å². The fourth-order valence-corrected chi connectivity index (χ4v) is 16.7. The van der Waals surface area contributed by atoms with Gasteiger partial charge in [-0.3, -0.25) is 14.3 Å². The first kappa shape index (κ1) is 28.0. The average Bonchev–Trinajstić information content (AvgIpc) is 3.05. The normalized spacial score (nSPS) is 30.3. The summed E-state index contributed by atoms with van der Waals surface area (Å²) in [7, 11) is -4.36. The molecule has 12 heteroatoms. The molecule has 4 atom stereocenters. The molecule has 3 heterocycles. The monoisotopic (exact) mass is 525 g/mol. The molecule has 10 nitrogen and oxygen atoms in total. The highest BCUT2D eigenvalue weighted by molar-refractivity contribution is 6.84. The number of nitriles is 1. The molecule has 3 rings (SSSR count). The highest BCUT2D eigenvalue weighted by atomic mass is 28.5. The Hall–Kier alpha value is -1.60. The summed E-state index contributed by atoms with van der Waals surface area (Å²) in [5.74, 6) is 0. The second-order valence-electron chi connectivity index (χ2n) is 10.7. The molecule has 2 aliphatic heterocycles. The zero-order valence-electron chi connectivity index (χ0n) is 22.2. The molecular weight excluding hydrogens is 486 g/mol. The van der Waals surface area contributed by atoms with Crippen LogP contribution >= 0.6 is 0 Å². The van der Waals surface area contributed by atoms with Crippen LogP contribution in [-0.2, 0) is 28.2 Å². The maximum absolute atomic E-state index is 12.8. The number of hydrogen-bond donors (Lipinski definition) is 1. The van der Waals surface area contributed by atoms with Gasteiger partial charge in [0.15, 0.2) is 0 Å². The maximum Gasteiger partial charge on any atom is 0.335 e. The van der Waals surface area contributed by atoms with Gasteiger partial charge in [0.2, 0.25) is 0 Å². The first-order valence-corrected chi connectivity index (χ1v) is 16.2. The summed E-state index contributed by atoms with van der Waals surface area (Å²) in [5, 5.41) is 10.4. The van der Waals surface area contributed by atoms with Crippen LogP contribution in [0, 0.1) is 11.3 Å². The van der Waals surface area contributed by atoms with Crippen molar-refractivity contribution in [3.63, 3.8) is 0 Å². The Morgan fingerprint density at radius 1 is 1.09 bits per heavy atom. The summed E-state index contributed by atoms with van der Waals surface area (Å²) in [6.07, 6.45) is -1.12. The van der Waals surface area contributed by atoms with Crippen molar-refractivity contribution in [2.75, 3.05) is 13.7 Å². The van der Waals surface area contributed by atoms with Crippen LogP contribution in [0.1, 0.15) is 55.4 Å². The molecule has 0 bridgehead atoms. The van der Waals surface area contributed by atoms with E-state index in [2.05, 4.69) is 66.4 Å². The van der Waals surface area contributed by atoms with Gasteiger partial charge in [-0.1, -0.05) is 55.4 Å². The first-order valence-electron chi connectivity index (χ1n) is 12.3. The Labute approximate surface area is 209 Å². The molecule has 0 amide bonds. The number of fused-ring (bicyclic) bond motifs is 1. The molecule has 0 saturated carbocycles. The van der Waals surface area contributed by atoms with E-state index < -0.39 is 52.4 Å². The summed E-state index contributed by atoms with van der Waals surface area (Å²) >= 11 is 0. The van der Waals surface area contributed by atoms with Crippen LogP contribution in [0.5, 0.6) is 0 Å². The molecule has 1 aromatic rings. The standard InChI is InChI=1S/C23H39N3O7Si2/c1-14(2)34(15(3)4)30-12-18-20(32-35(33-34,16(5)6)17(7)8)21(29-9)23(13-24,31-18)26-11-10-19(27)25-22(26)28/h10-11,14-18,20-21H,12H2,1-9H3,(H,25,27,28)/t18-,20-,21-,23-/m1/s1. The summed E-state index contributed by atoms with van der Waals surface area (Å²) in [6, 6.07) is 3.32. The molecule has 0 spiro atoms. The second kappa shape index (κ2) is 10.0. The minimum Gasteiger partial charge on any atom is -0.414 e. The number of nitrogens with one attached hydrogen (secondary N) is 1. The van der Waals surface area contributed by atoms with Crippen molar-refractivity contribution in [3.8, 4) is 6.07 Å². The summed E-state index contributed by atoms with van der Waals surface area (Å²) in [5.41, 5.74) is -2.76. The van der Waals surface area contributed by atoms with Crippen molar-refractivity contribution in [2.24, 2.45) is 0 Å². The van der Waals surface area contributed by atoms with Crippen molar-refractivity contribution in [1.29, 1.82) is 5.26 Å². The fraction of sp³-hybridized carbons (Fsp3) is 0.783. The van der Waals surface area contributed by atoms with Crippen LogP contribution in [0.25, 0.3) is 0 Å². The van der Waals surface area contributed by atoms with E-state index in [0.717, 1.165) is 4.57 Å². The highest BCUT2D eigenvalue weighted by Crippen LogP contribution is 2.49. The van der Waals surface area contributed by atoms with Crippen molar-refractivity contribution in [2.45, 2.75) is 102 Å². The molecule has 2 saturated heterocycles. The lowest BCUT2D eigenvalue weighted by Crippen LogP contribution is -2.66. The van der Waals surface area contributed by atoms with Crippen LogP contribution in [0.15, 0.2) is 21.9 Å². The predicted octanol–water partition coefficient (Wildman–Crippen LogP) is 3.08. The molecule has 196 valence electrons. The Morgan fingerprint density at radius 2 is 1.66 bits per heavy atom. The molecule has 0 aliphatic carbocycles. The third-order valence-corrected chi connectivity index (χ3v) is 17.6. The van der Waals surface area contributed by atoms with Crippen molar-refractivity contribution in [3.05, 3.63) is 33.1 Å². The fourth-order valence-electron chi connectivity index (χ4n) is 5.50. The van der Waals surface area contributed by atoms with E-state index >= 15 is 0 Å². The molecule has 0 aromatic carbocycles. The van der Waals surface area contributed by atoms with Gasteiger partial charge in [0, 0.05) is 19.4 Å². The second-order valence-corrected chi connectivity index (χ2v) is 19.5. The molecular formula is C23H39N3O7Si2. The number of nitrogens with zero attached hydrogens (tertiary/aromatic N) is 2. The molecule has 2 aliphatic rings. The van der Waals surface area contributed by atoms with Crippen LogP contribution in [0.2, 0.25) is 22.2 Å². The highest BCUT2D eigenvalue weighted by Gasteiger charge is 2.66. The third kappa shape index (κ3) is 4.41. The van der Waals surface area contributed by atoms with E-state index in [0.29, 0.717) is 0 Å². The number of methoxy groups -OCH3 is 1. The summed E-state index contributed by atoms with van der Waals surface area (Å²) in [6.45, 7) is 17.0. The minimum atomic E-state index is -3.00. The molecule has 0 unspecified atom stereocenters. The van der Waals surface area contributed by atoms with Crippen LogP contribution < -0.4 is 11.2 Å². The van der Waals surface area contributed by atoms with Crippen LogP contribution in [0.4, 0.5) is 0 Å². The molecule has 0 radical (unpaired) electrons. The largest absolute Gasteiger partial charge is 0.414 e. The van der Waals surface area contributed by atoms with E-state index in [-0.39, 0.29) is 28.8 Å². The summed E-state index contributed by atoms with van der Waals surface area (Å²) in [4.78, 5) is 26.7. The molecule has 1 aromatic heterocycles. The molecule has 2 fully saturated rings. The lowest BCUT2D eigenvalue weighted by molar-refractivity contribution is -0.117.